The van der Waals surface area contributed by atoms with Gasteiger partial charge in [-0.2, -0.15) is 0 Å². The first-order valence-corrected chi connectivity index (χ1v) is 8.71. The Morgan fingerprint density at radius 3 is 2.69 bits per heavy atom. The molecule has 3 aromatic rings. The number of rotatable bonds is 7. The summed E-state index contributed by atoms with van der Waals surface area (Å²) in [5, 5.41) is 22.2. The molecule has 0 aliphatic rings. The van der Waals surface area contributed by atoms with Crippen LogP contribution in [0.4, 0.5) is 11.4 Å². The predicted octanol–water partition coefficient (Wildman–Crippen LogP) is 3.20. The number of aromatic nitrogens is 3. The van der Waals surface area contributed by atoms with Crippen molar-refractivity contribution in [2.24, 2.45) is 0 Å². The van der Waals surface area contributed by atoms with Gasteiger partial charge in [0.15, 0.2) is 16.7 Å². The van der Waals surface area contributed by atoms with Crippen LogP contribution in [0.25, 0.3) is 11.6 Å². The molecule has 0 saturated carbocycles. The van der Waals surface area contributed by atoms with Gasteiger partial charge in [-0.3, -0.25) is 19.5 Å². The Balaban J connectivity index is 1.62. The average Bonchev–Trinajstić information content (AvgIpc) is 3.29. The summed E-state index contributed by atoms with van der Waals surface area (Å²) in [6.45, 7) is 2.59. The lowest BCUT2D eigenvalue weighted by molar-refractivity contribution is -0.384. The molecule has 1 N–H and O–H groups in total. The predicted molar refractivity (Wildman–Crippen MR) is 95.8 cm³/mol. The van der Waals surface area contributed by atoms with Crippen LogP contribution in [0.5, 0.6) is 0 Å². The third-order valence-electron chi connectivity index (χ3n) is 3.47. The number of anilines is 1. The molecule has 0 atom stereocenters. The number of amides is 1. The van der Waals surface area contributed by atoms with E-state index >= 15 is 0 Å². The summed E-state index contributed by atoms with van der Waals surface area (Å²) in [4.78, 5) is 22.2. The zero-order valence-electron chi connectivity index (χ0n) is 13.8. The van der Waals surface area contributed by atoms with Crippen molar-refractivity contribution in [1.82, 2.24) is 14.8 Å². The van der Waals surface area contributed by atoms with E-state index in [0.29, 0.717) is 29.0 Å². The molecule has 26 heavy (non-hydrogen) atoms. The molecular weight excluding hydrogens is 358 g/mol. The van der Waals surface area contributed by atoms with Crippen LogP contribution in [0.2, 0.25) is 0 Å². The average molecular weight is 373 g/mol. The van der Waals surface area contributed by atoms with Gasteiger partial charge >= 0.3 is 0 Å². The number of hydrogen-bond donors (Lipinski definition) is 1. The van der Waals surface area contributed by atoms with E-state index in [1.165, 1.54) is 36.0 Å². The third kappa shape index (κ3) is 3.91. The van der Waals surface area contributed by atoms with E-state index in [-0.39, 0.29) is 17.3 Å². The number of nitro benzene ring substituents is 1. The first kappa shape index (κ1) is 17.7. The van der Waals surface area contributed by atoms with Crippen molar-refractivity contribution in [2.45, 2.75) is 18.6 Å². The number of carbonyl (C=O) groups excluding carboxylic acids is 1. The van der Waals surface area contributed by atoms with Crippen LogP contribution in [0.3, 0.4) is 0 Å². The minimum absolute atomic E-state index is 0.0288. The van der Waals surface area contributed by atoms with Gasteiger partial charge in [-0.15, -0.1) is 10.2 Å². The Labute approximate surface area is 152 Å². The Bertz CT molecular complexity index is 905. The third-order valence-corrected chi connectivity index (χ3v) is 4.44. The molecule has 0 bridgehead atoms. The summed E-state index contributed by atoms with van der Waals surface area (Å²) >= 11 is 1.25. The standard InChI is InChI=1S/C16H15N5O4S/c1-2-20-15(13-4-3-9-25-13)18-19-16(20)26-10-14(22)17-11-5-7-12(8-6-11)21(23)24/h3-9H,2,10H2,1H3,(H,17,22). The SMILES string of the molecule is CCn1c(SCC(=O)Nc2ccc([N+](=O)[O-])cc2)nnc1-c1ccco1. The number of nitrogens with zero attached hydrogens (tertiary/aromatic N) is 4. The van der Waals surface area contributed by atoms with Crippen molar-refractivity contribution in [2.75, 3.05) is 11.1 Å². The Kier molecular flexibility index (Phi) is 5.32. The van der Waals surface area contributed by atoms with Gasteiger partial charge in [-0.1, -0.05) is 11.8 Å². The molecule has 0 aliphatic heterocycles. The molecule has 1 amide bonds. The van der Waals surface area contributed by atoms with Crippen LogP contribution in [0.1, 0.15) is 6.92 Å². The fourth-order valence-corrected chi connectivity index (χ4v) is 3.06. The van der Waals surface area contributed by atoms with Crippen molar-refractivity contribution in [1.29, 1.82) is 0 Å². The lowest BCUT2D eigenvalue weighted by Crippen LogP contribution is -2.14. The summed E-state index contributed by atoms with van der Waals surface area (Å²) in [7, 11) is 0. The van der Waals surface area contributed by atoms with Crippen molar-refractivity contribution in [3.63, 3.8) is 0 Å². The highest BCUT2D eigenvalue weighted by molar-refractivity contribution is 7.99. The second-order valence-corrected chi connectivity index (χ2v) is 6.11. The Hall–Kier alpha value is -3.14. The summed E-state index contributed by atoms with van der Waals surface area (Å²) < 4.78 is 7.21. The second kappa shape index (κ2) is 7.83. The van der Waals surface area contributed by atoms with Gasteiger partial charge < -0.3 is 9.73 Å². The molecule has 0 unspecified atom stereocenters. The van der Waals surface area contributed by atoms with Crippen molar-refractivity contribution in [3.05, 3.63) is 52.8 Å². The molecular formula is C16H15N5O4S. The van der Waals surface area contributed by atoms with Gasteiger partial charge in [-0.05, 0) is 31.2 Å². The maximum Gasteiger partial charge on any atom is 0.269 e. The van der Waals surface area contributed by atoms with E-state index in [4.69, 9.17) is 4.42 Å². The van der Waals surface area contributed by atoms with Crippen LogP contribution in [-0.2, 0) is 11.3 Å². The number of furan rings is 1. The normalized spacial score (nSPS) is 10.7. The number of benzene rings is 1. The molecule has 0 radical (unpaired) electrons. The number of hydrogen-bond acceptors (Lipinski definition) is 7. The minimum Gasteiger partial charge on any atom is -0.461 e. The van der Waals surface area contributed by atoms with E-state index in [0.717, 1.165) is 0 Å². The summed E-state index contributed by atoms with van der Waals surface area (Å²) in [5.74, 6) is 1.11. The number of thioether (sulfide) groups is 1. The Morgan fingerprint density at radius 1 is 1.31 bits per heavy atom. The van der Waals surface area contributed by atoms with E-state index in [2.05, 4.69) is 15.5 Å². The Morgan fingerprint density at radius 2 is 2.08 bits per heavy atom. The lowest BCUT2D eigenvalue weighted by Gasteiger charge is -2.06. The molecule has 0 aliphatic carbocycles. The summed E-state index contributed by atoms with van der Waals surface area (Å²) in [6.07, 6.45) is 1.56. The van der Waals surface area contributed by atoms with Crippen LogP contribution < -0.4 is 5.32 Å². The molecule has 2 aromatic heterocycles. The van der Waals surface area contributed by atoms with E-state index in [1.807, 2.05) is 11.5 Å². The molecule has 1 aromatic carbocycles. The largest absolute Gasteiger partial charge is 0.461 e. The first-order chi connectivity index (χ1) is 12.6. The maximum absolute atomic E-state index is 12.1. The highest BCUT2D eigenvalue weighted by atomic mass is 32.2. The van der Waals surface area contributed by atoms with Crippen LogP contribution in [-0.4, -0.2) is 31.3 Å². The highest BCUT2D eigenvalue weighted by Gasteiger charge is 2.16. The van der Waals surface area contributed by atoms with Gasteiger partial charge in [0.1, 0.15) is 0 Å². The summed E-state index contributed by atoms with van der Waals surface area (Å²) in [6, 6.07) is 9.23. The molecule has 0 saturated heterocycles. The summed E-state index contributed by atoms with van der Waals surface area (Å²) in [5.41, 5.74) is 0.466. The molecule has 9 nitrogen and oxygen atoms in total. The van der Waals surface area contributed by atoms with Crippen LogP contribution in [0, 0.1) is 10.1 Å². The van der Waals surface area contributed by atoms with Crippen molar-refractivity contribution in [3.8, 4) is 11.6 Å². The van der Waals surface area contributed by atoms with E-state index in [9.17, 15) is 14.9 Å². The van der Waals surface area contributed by atoms with Crippen LogP contribution >= 0.6 is 11.8 Å². The van der Waals surface area contributed by atoms with Crippen molar-refractivity contribution >= 4 is 29.0 Å². The van der Waals surface area contributed by atoms with Gasteiger partial charge in [0.25, 0.3) is 5.69 Å². The number of nitrogens with one attached hydrogen (secondary N) is 1. The zero-order chi connectivity index (χ0) is 18.5. The van der Waals surface area contributed by atoms with E-state index < -0.39 is 4.92 Å². The molecule has 0 spiro atoms. The zero-order valence-corrected chi connectivity index (χ0v) is 14.6. The van der Waals surface area contributed by atoms with Crippen LogP contribution in [0.15, 0.2) is 52.2 Å². The fraction of sp³-hybridized carbons (Fsp3) is 0.188. The van der Waals surface area contributed by atoms with Gasteiger partial charge in [0.2, 0.25) is 5.91 Å². The fourth-order valence-electron chi connectivity index (χ4n) is 2.26. The number of nitro groups is 1. The van der Waals surface area contributed by atoms with Gasteiger partial charge in [0.05, 0.1) is 16.9 Å². The highest BCUT2D eigenvalue weighted by Crippen LogP contribution is 2.24. The van der Waals surface area contributed by atoms with Crippen molar-refractivity contribution < 1.29 is 14.1 Å². The van der Waals surface area contributed by atoms with Gasteiger partial charge in [0, 0.05) is 24.4 Å². The van der Waals surface area contributed by atoms with E-state index in [1.54, 1.807) is 18.4 Å². The molecule has 3 rings (SSSR count). The quantitative estimate of drug-likeness (QED) is 0.384. The smallest absolute Gasteiger partial charge is 0.269 e. The maximum atomic E-state index is 12.1. The second-order valence-electron chi connectivity index (χ2n) is 5.17. The number of non-ortho nitro benzene ring substituents is 1. The first-order valence-electron chi connectivity index (χ1n) is 7.72. The number of carbonyl (C=O) groups is 1. The monoisotopic (exact) mass is 373 g/mol. The molecule has 0 fully saturated rings. The topological polar surface area (TPSA) is 116 Å². The molecule has 10 heteroatoms. The lowest BCUT2D eigenvalue weighted by atomic mass is 10.3. The molecule has 2 heterocycles. The minimum atomic E-state index is -0.490. The molecule has 134 valence electrons. The van der Waals surface area contributed by atoms with Gasteiger partial charge in [-0.25, -0.2) is 0 Å².